The van der Waals surface area contributed by atoms with Gasteiger partial charge in [0.05, 0.1) is 22.5 Å². The lowest BCUT2D eigenvalue weighted by atomic mass is 9.93. The third-order valence-corrected chi connectivity index (χ3v) is 6.71. The fraction of sp³-hybridized carbons (Fsp3) is 0.611. The van der Waals surface area contributed by atoms with Crippen LogP contribution in [0, 0.1) is 16.7 Å². The predicted molar refractivity (Wildman–Crippen MR) is 92.5 cm³/mol. The summed E-state index contributed by atoms with van der Waals surface area (Å²) in [5.41, 5.74) is 0.641. The van der Waals surface area contributed by atoms with Gasteiger partial charge in [-0.05, 0) is 45.2 Å². The van der Waals surface area contributed by atoms with Crippen molar-refractivity contribution in [3.05, 3.63) is 35.9 Å². The quantitative estimate of drug-likeness (QED) is 0.802. The summed E-state index contributed by atoms with van der Waals surface area (Å²) in [6.07, 6.45) is 2.06. The molecule has 0 bridgehead atoms. The maximum absolute atomic E-state index is 12.6. The van der Waals surface area contributed by atoms with E-state index in [1.54, 1.807) is 13.8 Å². The number of benzene rings is 1. The van der Waals surface area contributed by atoms with Crippen LogP contribution >= 0.6 is 0 Å². The van der Waals surface area contributed by atoms with E-state index in [9.17, 15) is 8.42 Å². The molecule has 0 saturated carbocycles. The van der Waals surface area contributed by atoms with Crippen LogP contribution in [0.5, 0.6) is 0 Å². The third kappa shape index (κ3) is 5.33. The van der Waals surface area contributed by atoms with Crippen LogP contribution in [0.2, 0.25) is 0 Å². The van der Waals surface area contributed by atoms with Crippen LogP contribution < -0.4 is 0 Å². The Morgan fingerprint density at radius 2 is 2.00 bits per heavy atom. The second-order valence-electron chi connectivity index (χ2n) is 7.10. The van der Waals surface area contributed by atoms with Gasteiger partial charge in [0, 0.05) is 13.1 Å². The Hall–Kier alpha value is -1.38. The zero-order valence-electron chi connectivity index (χ0n) is 14.0. The first-order valence-electron chi connectivity index (χ1n) is 8.21. The van der Waals surface area contributed by atoms with Crippen LogP contribution in [0.3, 0.4) is 0 Å². The highest BCUT2D eigenvalue weighted by Gasteiger charge is 2.32. The van der Waals surface area contributed by atoms with Crippen molar-refractivity contribution in [3.63, 3.8) is 0 Å². The molecule has 1 aromatic carbocycles. The predicted octanol–water partition coefficient (Wildman–Crippen LogP) is 3.01. The maximum atomic E-state index is 12.6. The Balaban J connectivity index is 1.96. The van der Waals surface area contributed by atoms with Crippen LogP contribution in [0.4, 0.5) is 0 Å². The topological polar surface area (TPSA) is 61.2 Å². The minimum absolute atomic E-state index is 0.109. The lowest BCUT2D eigenvalue weighted by Crippen LogP contribution is -2.42. The van der Waals surface area contributed by atoms with Crippen LogP contribution in [0.15, 0.2) is 30.3 Å². The molecule has 0 unspecified atom stereocenters. The number of hydrogen-bond donors (Lipinski definition) is 0. The van der Waals surface area contributed by atoms with Gasteiger partial charge in [-0.2, -0.15) is 5.26 Å². The standard InChI is InChI=1S/C18H26N2O2S/c1-18(2,15-19)10-12-23(21,22)17-9-6-11-20(14-17)13-16-7-4-3-5-8-16/h3-5,7-8,17H,6,9-14H2,1-2H3/t17-/m1/s1. The lowest BCUT2D eigenvalue weighted by Gasteiger charge is -2.32. The van der Waals surface area contributed by atoms with E-state index in [-0.39, 0.29) is 11.0 Å². The average molecular weight is 334 g/mol. The zero-order valence-corrected chi connectivity index (χ0v) is 14.8. The molecule has 23 heavy (non-hydrogen) atoms. The maximum Gasteiger partial charge on any atom is 0.154 e. The number of nitrogens with zero attached hydrogens (tertiary/aromatic N) is 2. The van der Waals surface area contributed by atoms with Crippen molar-refractivity contribution in [2.75, 3.05) is 18.8 Å². The fourth-order valence-corrected chi connectivity index (χ4v) is 5.00. The molecule has 1 atom stereocenters. The molecule has 5 heteroatoms. The number of piperidine rings is 1. The summed E-state index contributed by atoms with van der Waals surface area (Å²) in [6.45, 7) is 5.95. The molecular formula is C18H26N2O2S. The van der Waals surface area contributed by atoms with Gasteiger partial charge in [-0.1, -0.05) is 30.3 Å². The Morgan fingerprint density at radius 1 is 1.30 bits per heavy atom. The first-order valence-corrected chi connectivity index (χ1v) is 9.93. The monoisotopic (exact) mass is 334 g/mol. The van der Waals surface area contributed by atoms with E-state index >= 15 is 0 Å². The van der Waals surface area contributed by atoms with Gasteiger partial charge in [-0.3, -0.25) is 4.90 Å². The highest BCUT2D eigenvalue weighted by molar-refractivity contribution is 7.92. The van der Waals surface area contributed by atoms with Crippen molar-refractivity contribution in [2.24, 2.45) is 5.41 Å². The molecule has 1 aliphatic rings. The van der Waals surface area contributed by atoms with E-state index in [0.29, 0.717) is 13.0 Å². The number of rotatable bonds is 6. The second kappa shape index (κ2) is 7.46. The van der Waals surface area contributed by atoms with Crippen molar-refractivity contribution < 1.29 is 8.42 Å². The summed E-state index contributed by atoms with van der Waals surface area (Å²) in [4.78, 5) is 2.23. The van der Waals surface area contributed by atoms with E-state index in [4.69, 9.17) is 5.26 Å². The minimum atomic E-state index is -3.14. The van der Waals surface area contributed by atoms with E-state index in [0.717, 1.165) is 25.9 Å². The largest absolute Gasteiger partial charge is 0.298 e. The molecule has 1 aliphatic heterocycles. The van der Waals surface area contributed by atoms with Crippen molar-refractivity contribution in [1.29, 1.82) is 5.26 Å². The van der Waals surface area contributed by atoms with Gasteiger partial charge in [-0.25, -0.2) is 8.42 Å². The molecule has 4 nitrogen and oxygen atoms in total. The summed E-state index contributed by atoms with van der Waals surface area (Å²) in [6, 6.07) is 12.4. The Kier molecular flexibility index (Phi) is 5.83. The van der Waals surface area contributed by atoms with Gasteiger partial charge < -0.3 is 0 Å². The smallest absolute Gasteiger partial charge is 0.154 e. The summed E-state index contributed by atoms with van der Waals surface area (Å²) < 4.78 is 25.2. The molecule has 0 aliphatic carbocycles. The van der Waals surface area contributed by atoms with Gasteiger partial charge >= 0.3 is 0 Å². The summed E-state index contributed by atoms with van der Waals surface area (Å²) in [5, 5.41) is 8.76. The van der Waals surface area contributed by atoms with Gasteiger partial charge in [0.2, 0.25) is 0 Å². The van der Waals surface area contributed by atoms with Gasteiger partial charge in [0.25, 0.3) is 0 Å². The molecule has 0 radical (unpaired) electrons. The number of hydrogen-bond acceptors (Lipinski definition) is 4. The van der Waals surface area contributed by atoms with Gasteiger partial charge in [0.15, 0.2) is 9.84 Å². The zero-order chi connectivity index (χ0) is 16.9. The molecule has 2 rings (SSSR count). The fourth-order valence-electron chi connectivity index (χ4n) is 2.91. The van der Waals surface area contributed by atoms with E-state index in [2.05, 4.69) is 23.1 Å². The van der Waals surface area contributed by atoms with E-state index in [1.807, 2.05) is 18.2 Å². The highest BCUT2D eigenvalue weighted by atomic mass is 32.2. The molecule has 1 fully saturated rings. The van der Waals surface area contributed by atoms with Crippen LogP contribution in [0.1, 0.15) is 38.7 Å². The molecule has 0 spiro atoms. The molecule has 0 amide bonds. The van der Waals surface area contributed by atoms with Crippen molar-refractivity contribution in [3.8, 4) is 6.07 Å². The summed E-state index contributed by atoms with van der Waals surface area (Å²) in [7, 11) is -3.14. The molecule has 1 heterocycles. The number of nitriles is 1. The molecular weight excluding hydrogens is 308 g/mol. The SMILES string of the molecule is CC(C)(C#N)CCS(=O)(=O)[C@@H]1CCCN(Cc2ccccc2)C1. The minimum Gasteiger partial charge on any atom is -0.298 e. The average Bonchev–Trinajstić information content (AvgIpc) is 2.54. The third-order valence-electron chi connectivity index (χ3n) is 4.53. The second-order valence-corrected chi connectivity index (χ2v) is 9.50. The highest BCUT2D eigenvalue weighted by Crippen LogP contribution is 2.24. The van der Waals surface area contributed by atoms with Crippen molar-refractivity contribution in [1.82, 2.24) is 4.90 Å². The molecule has 0 N–H and O–H groups in total. The Labute approximate surface area is 140 Å². The van der Waals surface area contributed by atoms with E-state index < -0.39 is 15.3 Å². The first-order chi connectivity index (χ1) is 10.8. The summed E-state index contributed by atoms with van der Waals surface area (Å²) >= 11 is 0. The summed E-state index contributed by atoms with van der Waals surface area (Å²) in [5.74, 6) is 0.109. The number of likely N-dealkylation sites (tertiary alicyclic amines) is 1. The van der Waals surface area contributed by atoms with E-state index in [1.165, 1.54) is 5.56 Å². The first kappa shape index (κ1) is 18.0. The molecule has 126 valence electrons. The van der Waals surface area contributed by atoms with Crippen LogP contribution in [0.25, 0.3) is 0 Å². The number of sulfone groups is 1. The Morgan fingerprint density at radius 3 is 2.65 bits per heavy atom. The Bertz CT molecular complexity index is 647. The van der Waals surface area contributed by atoms with Gasteiger partial charge in [0.1, 0.15) is 0 Å². The van der Waals surface area contributed by atoms with Crippen LogP contribution in [-0.4, -0.2) is 37.4 Å². The molecule has 1 aromatic rings. The van der Waals surface area contributed by atoms with Crippen molar-refractivity contribution in [2.45, 2.75) is 44.9 Å². The van der Waals surface area contributed by atoms with Gasteiger partial charge in [-0.15, -0.1) is 0 Å². The van der Waals surface area contributed by atoms with Crippen molar-refractivity contribution >= 4 is 9.84 Å². The normalized spacial score (nSPS) is 20.1. The lowest BCUT2D eigenvalue weighted by molar-refractivity contribution is 0.222. The molecule has 0 aromatic heterocycles. The van der Waals surface area contributed by atoms with Crippen LogP contribution in [-0.2, 0) is 16.4 Å². The molecule has 1 saturated heterocycles.